The van der Waals surface area contributed by atoms with Gasteiger partial charge in [0.15, 0.2) is 18.1 Å². The summed E-state index contributed by atoms with van der Waals surface area (Å²) < 4.78 is 10.5. The summed E-state index contributed by atoms with van der Waals surface area (Å²) in [5, 5.41) is 6.59. The number of amides is 1. The number of oxime groups is 1. The van der Waals surface area contributed by atoms with Crippen LogP contribution in [0.25, 0.3) is 0 Å². The number of para-hydroxylation sites is 1. The Kier molecular flexibility index (Phi) is 7.02. The number of methoxy groups -OCH3 is 2. The fraction of sp³-hybridized carbons (Fsp3) is 0.300. The quantitative estimate of drug-likeness (QED) is 0.577. The van der Waals surface area contributed by atoms with Crippen LogP contribution in [0.2, 0.25) is 0 Å². The number of carbonyl (C=O) groups is 1. The lowest BCUT2D eigenvalue weighted by Gasteiger charge is -2.09. The number of anilines is 1. The number of carbonyl (C=O) groups excluding carboxylic acids is 1. The van der Waals surface area contributed by atoms with Gasteiger partial charge in [0.25, 0.3) is 5.91 Å². The minimum absolute atomic E-state index is 0.186. The van der Waals surface area contributed by atoms with Gasteiger partial charge >= 0.3 is 0 Å². The van der Waals surface area contributed by atoms with Gasteiger partial charge in [-0.15, -0.1) is 0 Å². The molecule has 0 saturated heterocycles. The van der Waals surface area contributed by atoms with Crippen molar-refractivity contribution in [2.24, 2.45) is 5.16 Å². The van der Waals surface area contributed by atoms with Gasteiger partial charge in [-0.25, -0.2) is 0 Å². The second-order valence-corrected chi connectivity index (χ2v) is 5.92. The van der Waals surface area contributed by atoms with Crippen LogP contribution in [-0.2, 0) is 9.63 Å². The molecule has 0 aliphatic heterocycles. The van der Waals surface area contributed by atoms with E-state index in [-0.39, 0.29) is 12.5 Å². The molecule has 0 unspecified atom stereocenters. The van der Waals surface area contributed by atoms with Crippen LogP contribution in [0.5, 0.6) is 11.5 Å². The lowest BCUT2D eigenvalue weighted by Crippen LogP contribution is -2.17. The molecule has 138 valence electrons. The fourth-order valence-corrected chi connectivity index (χ4v) is 2.35. The highest BCUT2D eigenvalue weighted by molar-refractivity contribution is 5.91. The van der Waals surface area contributed by atoms with Gasteiger partial charge in [0.05, 0.1) is 20.4 Å². The molecule has 0 fully saturated rings. The van der Waals surface area contributed by atoms with Gasteiger partial charge < -0.3 is 19.6 Å². The highest BCUT2D eigenvalue weighted by Gasteiger charge is 2.08. The Bertz CT molecular complexity index is 755. The van der Waals surface area contributed by atoms with Crippen molar-refractivity contribution in [1.29, 1.82) is 0 Å². The van der Waals surface area contributed by atoms with E-state index in [9.17, 15) is 4.79 Å². The van der Waals surface area contributed by atoms with Crippen molar-refractivity contribution in [3.05, 3.63) is 53.6 Å². The van der Waals surface area contributed by atoms with E-state index in [1.807, 2.05) is 36.4 Å². The summed E-state index contributed by atoms with van der Waals surface area (Å²) in [6.45, 7) is 4.06. The van der Waals surface area contributed by atoms with Gasteiger partial charge in [-0.2, -0.15) is 0 Å². The topological polar surface area (TPSA) is 69.2 Å². The normalized spacial score (nSPS) is 10.8. The van der Waals surface area contributed by atoms with Crippen LogP contribution in [0.1, 0.15) is 30.9 Å². The number of nitrogens with one attached hydrogen (secondary N) is 1. The van der Waals surface area contributed by atoms with Crippen LogP contribution >= 0.6 is 0 Å². The van der Waals surface area contributed by atoms with Crippen LogP contribution < -0.4 is 14.8 Å². The van der Waals surface area contributed by atoms with Crippen LogP contribution in [0.15, 0.2) is 47.6 Å². The average Bonchev–Trinajstić information content (AvgIpc) is 2.65. The first kappa shape index (κ1) is 19.3. The summed E-state index contributed by atoms with van der Waals surface area (Å²) in [6.07, 6.45) is 1.48. The third kappa shape index (κ3) is 5.24. The Morgan fingerprint density at radius 3 is 2.46 bits per heavy atom. The summed E-state index contributed by atoms with van der Waals surface area (Å²) in [4.78, 5) is 17.0. The van der Waals surface area contributed by atoms with Crippen molar-refractivity contribution < 1.29 is 19.1 Å². The predicted molar refractivity (Wildman–Crippen MR) is 102 cm³/mol. The maximum Gasteiger partial charge on any atom is 0.265 e. The van der Waals surface area contributed by atoms with Crippen molar-refractivity contribution in [3.8, 4) is 11.5 Å². The first-order chi connectivity index (χ1) is 12.5. The molecular formula is C20H24N2O4. The third-order valence-electron chi connectivity index (χ3n) is 3.76. The second kappa shape index (κ2) is 9.46. The van der Waals surface area contributed by atoms with E-state index in [1.165, 1.54) is 11.8 Å². The highest BCUT2D eigenvalue weighted by Crippen LogP contribution is 2.29. The molecule has 0 aliphatic carbocycles. The third-order valence-corrected chi connectivity index (χ3v) is 3.76. The van der Waals surface area contributed by atoms with Crippen LogP contribution in [0, 0.1) is 0 Å². The van der Waals surface area contributed by atoms with Crippen molar-refractivity contribution >= 4 is 17.8 Å². The molecule has 2 rings (SSSR count). The first-order valence-electron chi connectivity index (χ1n) is 8.31. The Morgan fingerprint density at radius 2 is 1.85 bits per heavy atom. The molecule has 6 nitrogen and oxygen atoms in total. The molecule has 2 aromatic carbocycles. The van der Waals surface area contributed by atoms with Gasteiger partial charge in [-0.05, 0) is 35.7 Å². The maximum absolute atomic E-state index is 11.9. The van der Waals surface area contributed by atoms with E-state index < -0.39 is 0 Å². The molecule has 0 radical (unpaired) electrons. The molecule has 0 bridgehead atoms. The van der Waals surface area contributed by atoms with E-state index in [0.717, 1.165) is 5.69 Å². The molecule has 0 spiro atoms. The number of ether oxygens (including phenoxy) is 2. The summed E-state index contributed by atoms with van der Waals surface area (Å²) in [7, 11) is 3.11. The van der Waals surface area contributed by atoms with Crippen LogP contribution in [-0.4, -0.2) is 32.9 Å². The minimum atomic E-state index is -0.281. The monoisotopic (exact) mass is 356 g/mol. The Morgan fingerprint density at radius 1 is 1.12 bits per heavy atom. The van der Waals surface area contributed by atoms with Crippen molar-refractivity contribution in [3.63, 3.8) is 0 Å². The minimum Gasteiger partial charge on any atom is -0.493 e. The number of hydrogen-bond donors (Lipinski definition) is 1. The second-order valence-electron chi connectivity index (χ2n) is 5.92. The van der Waals surface area contributed by atoms with E-state index in [0.29, 0.717) is 23.0 Å². The van der Waals surface area contributed by atoms with Gasteiger partial charge in [0, 0.05) is 11.3 Å². The van der Waals surface area contributed by atoms with Gasteiger partial charge in [-0.1, -0.05) is 37.2 Å². The fourth-order valence-electron chi connectivity index (χ4n) is 2.35. The van der Waals surface area contributed by atoms with E-state index in [4.69, 9.17) is 14.3 Å². The van der Waals surface area contributed by atoms with Gasteiger partial charge in [0.2, 0.25) is 0 Å². The average molecular weight is 356 g/mol. The molecule has 0 atom stereocenters. The lowest BCUT2D eigenvalue weighted by atomic mass is 10.0. The van der Waals surface area contributed by atoms with Crippen molar-refractivity contribution in [2.75, 3.05) is 26.1 Å². The molecule has 26 heavy (non-hydrogen) atoms. The molecule has 0 heterocycles. The summed E-state index contributed by atoms with van der Waals surface area (Å²) in [5.74, 6) is 1.32. The predicted octanol–water partition coefficient (Wildman–Crippen LogP) is 3.82. The molecule has 2 aromatic rings. The SMILES string of the molecule is COc1cccc(/C=N\OCC(=O)Nc2ccc(C(C)C)cc2)c1OC. The Hall–Kier alpha value is -3.02. The summed E-state index contributed by atoms with van der Waals surface area (Å²) in [6, 6.07) is 13.1. The molecule has 6 heteroatoms. The van der Waals surface area contributed by atoms with E-state index in [1.54, 1.807) is 20.3 Å². The van der Waals surface area contributed by atoms with Gasteiger partial charge in [-0.3, -0.25) is 4.79 Å². The van der Waals surface area contributed by atoms with Crippen LogP contribution in [0.4, 0.5) is 5.69 Å². The van der Waals surface area contributed by atoms with E-state index >= 15 is 0 Å². The van der Waals surface area contributed by atoms with Crippen LogP contribution in [0.3, 0.4) is 0 Å². The molecular weight excluding hydrogens is 332 g/mol. The Labute approximate surface area is 153 Å². The van der Waals surface area contributed by atoms with E-state index in [2.05, 4.69) is 24.3 Å². The molecule has 0 saturated carbocycles. The largest absolute Gasteiger partial charge is 0.493 e. The zero-order valence-electron chi connectivity index (χ0n) is 15.5. The zero-order valence-corrected chi connectivity index (χ0v) is 15.5. The van der Waals surface area contributed by atoms with Gasteiger partial charge in [0.1, 0.15) is 0 Å². The molecule has 0 aromatic heterocycles. The number of nitrogens with zero attached hydrogens (tertiary/aromatic N) is 1. The standard InChI is InChI=1S/C20H24N2O4/c1-14(2)15-8-10-17(11-9-15)22-19(23)13-26-21-12-16-6-5-7-18(24-3)20(16)25-4/h5-12,14H,13H2,1-4H3,(H,22,23)/b21-12-. The highest BCUT2D eigenvalue weighted by atomic mass is 16.6. The maximum atomic E-state index is 11.9. The number of benzene rings is 2. The first-order valence-corrected chi connectivity index (χ1v) is 8.31. The summed E-state index contributed by atoms with van der Waals surface area (Å²) >= 11 is 0. The summed E-state index contributed by atoms with van der Waals surface area (Å²) in [5.41, 5.74) is 2.63. The lowest BCUT2D eigenvalue weighted by molar-refractivity contribution is -0.120. The van der Waals surface area contributed by atoms with Crippen molar-refractivity contribution in [1.82, 2.24) is 0 Å². The Balaban J connectivity index is 1.87. The molecule has 1 N–H and O–H groups in total. The number of hydrogen-bond acceptors (Lipinski definition) is 5. The number of rotatable bonds is 8. The van der Waals surface area contributed by atoms with Crippen molar-refractivity contribution in [2.45, 2.75) is 19.8 Å². The zero-order chi connectivity index (χ0) is 18.9. The smallest absolute Gasteiger partial charge is 0.265 e. The molecule has 0 aliphatic rings. The molecule has 1 amide bonds.